The number of hydrogen-bond acceptors (Lipinski definition) is 5. The quantitative estimate of drug-likeness (QED) is 0.342. The molecule has 0 aliphatic heterocycles. The number of rotatable bonds is 3. The summed E-state index contributed by atoms with van der Waals surface area (Å²) in [5.41, 5.74) is 1.31. The van der Waals surface area contributed by atoms with E-state index in [1.165, 1.54) is 0 Å². The van der Waals surface area contributed by atoms with E-state index in [1.54, 1.807) is 29.1 Å². The van der Waals surface area contributed by atoms with Crippen molar-refractivity contribution >= 4 is 54.4 Å². The molecule has 4 rings (SSSR count). The van der Waals surface area contributed by atoms with Gasteiger partial charge in [0.1, 0.15) is 5.69 Å². The van der Waals surface area contributed by atoms with Crippen molar-refractivity contribution in [3.63, 3.8) is 0 Å². The lowest BCUT2D eigenvalue weighted by Crippen LogP contribution is -2.07. The summed E-state index contributed by atoms with van der Waals surface area (Å²) in [4.78, 5) is 21.5. The van der Waals surface area contributed by atoms with Gasteiger partial charge in [-0.1, -0.05) is 41.4 Å². The molecule has 0 spiro atoms. The van der Waals surface area contributed by atoms with Gasteiger partial charge in [-0.05, 0) is 52.2 Å². The molecule has 0 bridgehead atoms. The molecule has 0 saturated heterocycles. The fourth-order valence-electron chi connectivity index (χ4n) is 2.74. The topological polar surface area (TPSA) is 73.8 Å². The fraction of sp³-hybridized carbons (Fsp3) is 0.158. The molecule has 0 amide bonds. The Bertz CT molecular complexity index is 1270. The van der Waals surface area contributed by atoms with Gasteiger partial charge in [-0.3, -0.25) is 0 Å². The second-order valence-corrected chi connectivity index (χ2v) is 8.60. The van der Waals surface area contributed by atoms with Crippen molar-refractivity contribution in [1.29, 1.82) is 0 Å². The molecule has 0 fully saturated rings. The number of nitrogens with zero attached hydrogens (tertiary/aromatic N) is 4. The summed E-state index contributed by atoms with van der Waals surface area (Å²) in [6.07, 6.45) is 1.62. The van der Waals surface area contributed by atoms with Crippen LogP contribution in [-0.2, 0) is 0 Å². The van der Waals surface area contributed by atoms with Crippen molar-refractivity contribution < 1.29 is 4.42 Å². The zero-order valence-corrected chi connectivity index (χ0v) is 18.7. The standard InChI is InChI=1S/C19H13Br2ClN4O2/c1-9(2)14-8-15(26(25-14)17-13(22)4-3-5-23-17)18-24-16-11(19(27)28-18)6-10(20)7-12(16)21/h3-9H,1-2H3. The molecule has 28 heavy (non-hydrogen) atoms. The van der Waals surface area contributed by atoms with Crippen molar-refractivity contribution in [1.82, 2.24) is 19.7 Å². The highest BCUT2D eigenvalue weighted by Gasteiger charge is 2.21. The Kier molecular flexibility index (Phi) is 5.11. The third kappa shape index (κ3) is 3.40. The first-order valence-electron chi connectivity index (χ1n) is 8.36. The number of aromatic nitrogens is 4. The van der Waals surface area contributed by atoms with Crippen LogP contribution in [0.15, 0.2) is 54.7 Å². The molecule has 0 radical (unpaired) electrons. The molecule has 3 aromatic heterocycles. The first-order chi connectivity index (χ1) is 13.3. The zero-order valence-electron chi connectivity index (χ0n) is 14.8. The zero-order chi connectivity index (χ0) is 20.0. The maximum Gasteiger partial charge on any atom is 0.347 e. The first kappa shape index (κ1) is 19.3. The number of fused-ring (bicyclic) bond motifs is 1. The van der Waals surface area contributed by atoms with Crippen LogP contribution in [0.3, 0.4) is 0 Å². The van der Waals surface area contributed by atoms with Crippen LogP contribution in [0, 0.1) is 0 Å². The van der Waals surface area contributed by atoms with Gasteiger partial charge in [-0.15, -0.1) is 0 Å². The highest BCUT2D eigenvalue weighted by molar-refractivity contribution is 9.11. The Hall–Kier alpha value is -2.03. The summed E-state index contributed by atoms with van der Waals surface area (Å²) in [7, 11) is 0. The van der Waals surface area contributed by atoms with E-state index in [0.29, 0.717) is 31.9 Å². The van der Waals surface area contributed by atoms with E-state index in [1.807, 2.05) is 26.0 Å². The van der Waals surface area contributed by atoms with Crippen molar-refractivity contribution in [2.24, 2.45) is 0 Å². The number of halogens is 3. The Morgan fingerprint density at radius 1 is 1.21 bits per heavy atom. The molecule has 0 saturated carbocycles. The SMILES string of the molecule is CC(C)c1cc(-c2nc3c(Br)cc(Br)cc3c(=O)o2)n(-c2ncccc2Cl)n1. The summed E-state index contributed by atoms with van der Waals surface area (Å²) in [6.45, 7) is 4.04. The third-order valence-corrected chi connectivity index (χ3v) is 5.49. The molecule has 142 valence electrons. The summed E-state index contributed by atoms with van der Waals surface area (Å²) in [5.74, 6) is 0.726. The van der Waals surface area contributed by atoms with E-state index < -0.39 is 5.63 Å². The fourth-order valence-corrected chi connectivity index (χ4v) is 4.26. The second kappa shape index (κ2) is 7.42. The average Bonchev–Trinajstić information content (AvgIpc) is 3.08. The van der Waals surface area contributed by atoms with Gasteiger partial charge < -0.3 is 4.42 Å². The van der Waals surface area contributed by atoms with Crippen LogP contribution < -0.4 is 5.63 Å². The summed E-state index contributed by atoms with van der Waals surface area (Å²) in [6, 6.07) is 8.80. The van der Waals surface area contributed by atoms with E-state index in [0.717, 1.165) is 10.2 Å². The second-order valence-electron chi connectivity index (χ2n) is 6.42. The van der Waals surface area contributed by atoms with E-state index in [9.17, 15) is 4.79 Å². The van der Waals surface area contributed by atoms with Crippen LogP contribution in [0.1, 0.15) is 25.5 Å². The molecule has 4 aromatic rings. The van der Waals surface area contributed by atoms with Crippen LogP contribution in [-0.4, -0.2) is 19.7 Å². The van der Waals surface area contributed by atoms with Crippen LogP contribution >= 0.6 is 43.5 Å². The summed E-state index contributed by atoms with van der Waals surface area (Å²) in [5, 5.41) is 5.41. The molecule has 3 heterocycles. The monoisotopic (exact) mass is 522 g/mol. The van der Waals surface area contributed by atoms with E-state index in [4.69, 9.17) is 16.0 Å². The predicted octanol–water partition coefficient (Wildman–Crippen LogP) is 5.74. The first-order valence-corrected chi connectivity index (χ1v) is 10.3. The Balaban J connectivity index is 2.02. The lowest BCUT2D eigenvalue weighted by Gasteiger charge is -2.08. The van der Waals surface area contributed by atoms with Gasteiger partial charge in [0, 0.05) is 15.1 Å². The molecule has 0 N–H and O–H groups in total. The molecule has 1 aromatic carbocycles. The molecule has 0 unspecified atom stereocenters. The van der Waals surface area contributed by atoms with Crippen molar-refractivity contribution in [2.75, 3.05) is 0 Å². The summed E-state index contributed by atoms with van der Waals surface area (Å²) < 4.78 is 8.53. The smallest absolute Gasteiger partial charge is 0.347 e. The van der Waals surface area contributed by atoms with Gasteiger partial charge in [0.25, 0.3) is 0 Å². The van der Waals surface area contributed by atoms with Gasteiger partial charge >= 0.3 is 5.63 Å². The molecule has 9 heteroatoms. The maximum absolute atomic E-state index is 12.6. The number of benzene rings is 1. The van der Waals surface area contributed by atoms with E-state index in [-0.39, 0.29) is 11.8 Å². The molecule has 0 aliphatic rings. The highest BCUT2D eigenvalue weighted by atomic mass is 79.9. The molecule has 6 nitrogen and oxygen atoms in total. The van der Waals surface area contributed by atoms with Gasteiger partial charge in [-0.2, -0.15) is 5.10 Å². The van der Waals surface area contributed by atoms with Crippen LogP contribution in [0.4, 0.5) is 0 Å². The minimum atomic E-state index is -0.493. The van der Waals surface area contributed by atoms with Crippen LogP contribution in [0.5, 0.6) is 0 Å². The maximum atomic E-state index is 12.6. The third-order valence-electron chi connectivity index (χ3n) is 4.13. The Morgan fingerprint density at radius 2 is 2.00 bits per heavy atom. The minimum Gasteiger partial charge on any atom is -0.401 e. The normalized spacial score (nSPS) is 11.5. The molecule has 0 aliphatic carbocycles. The predicted molar refractivity (Wildman–Crippen MR) is 115 cm³/mol. The lowest BCUT2D eigenvalue weighted by atomic mass is 10.1. The molecule has 0 atom stereocenters. The van der Waals surface area contributed by atoms with Crippen molar-refractivity contribution in [2.45, 2.75) is 19.8 Å². The van der Waals surface area contributed by atoms with E-state index >= 15 is 0 Å². The Morgan fingerprint density at radius 3 is 2.71 bits per heavy atom. The largest absolute Gasteiger partial charge is 0.401 e. The highest BCUT2D eigenvalue weighted by Crippen LogP contribution is 2.30. The van der Waals surface area contributed by atoms with Crippen molar-refractivity contribution in [3.8, 4) is 17.4 Å². The number of hydrogen-bond donors (Lipinski definition) is 0. The minimum absolute atomic E-state index is 0.140. The molecular weight excluding hydrogens is 511 g/mol. The summed E-state index contributed by atoms with van der Waals surface area (Å²) >= 11 is 13.2. The van der Waals surface area contributed by atoms with Gasteiger partial charge in [0.2, 0.25) is 5.89 Å². The molecular formula is C19H13Br2ClN4O2. The van der Waals surface area contributed by atoms with Gasteiger partial charge in [-0.25, -0.2) is 19.4 Å². The van der Waals surface area contributed by atoms with Crippen LogP contribution in [0.2, 0.25) is 5.02 Å². The van der Waals surface area contributed by atoms with Crippen molar-refractivity contribution in [3.05, 3.63) is 66.6 Å². The van der Waals surface area contributed by atoms with Gasteiger partial charge in [0.15, 0.2) is 5.82 Å². The van der Waals surface area contributed by atoms with E-state index in [2.05, 4.69) is 46.9 Å². The van der Waals surface area contributed by atoms with Crippen LogP contribution in [0.25, 0.3) is 28.3 Å². The number of pyridine rings is 1. The Labute approximate surface area is 181 Å². The lowest BCUT2D eigenvalue weighted by molar-refractivity contribution is 0.513. The average molecular weight is 525 g/mol. The van der Waals surface area contributed by atoms with Gasteiger partial charge in [0.05, 0.1) is 21.6 Å².